The zero-order valence-electron chi connectivity index (χ0n) is 16.3. The molecule has 2 aromatic rings. The van der Waals surface area contributed by atoms with Crippen LogP contribution in [0, 0.1) is 0 Å². The van der Waals surface area contributed by atoms with Gasteiger partial charge >= 0.3 is 0 Å². The fraction of sp³-hybridized carbons (Fsp3) is 0.476. The summed E-state index contributed by atoms with van der Waals surface area (Å²) in [5, 5.41) is 3.40. The Morgan fingerprint density at radius 2 is 1.96 bits per heavy atom. The van der Waals surface area contributed by atoms with Crippen LogP contribution in [0.2, 0.25) is 0 Å². The molecule has 148 valence electrons. The van der Waals surface area contributed by atoms with Crippen LogP contribution in [0.25, 0.3) is 0 Å². The van der Waals surface area contributed by atoms with Crippen molar-refractivity contribution in [1.82, 2.24) is 19.8 Å². The molecule has 1 unspecified atom stereocenters. The molecule has 7 nitrogen and oxygen atoms in total. The quantitative estimate of drug-likeness (QED) is 0.852. The van der Waals surface area contributed by atoms with E-state index in [4.69, 9.17) is 4.74 Å². The van der Waals surface area contributed by atoms with Crippen molar-refractivity contribution >= 4 is 11.7 Å². The summed E-state index contributed by atoms with van der Waals surface area (Å²) in [6.07, 6.45) is 4.31. The minimum absolute atomic E-state index is 0.0836. The van der Waals surface area contributed by atoms with Crippen molar-refractivity contribution in [2.24, 2.45) is 0 Å². The van der Waals surface area contributed by atoms with Crippen molar-refractivity contribution in [2.75, 3.05) is 44.7 Å². The molecule has 2 aliphatic heterocycles. The Bertz CT molecular complexity index is 822. The maximum absolute atomic E-state index is 12.6. The van der Waals surface area contributed by atoms with E-state index in [0.717, 1.165) is 26.1 Å². The molecular weight excluding hydrogens is 354 g/mol. The van der Waals surface area contributed by atoms with Gasteiger partial charge in [0.15, 0.2) is 0 Å². The van der Waals surface area contributed by atoms with Crippen LogP contribution in [-0.2, 0) is 17.7 Å². The fourth-order valence-corrected chi connectivity index (χ4v) is 3.86. The molecule has 28 heavy (non-hydrogen) atoms. The molecule has 2 aliphatic rings. The molecule has 1 fully saturated rings. The number of rotatable bonds is 5. The SMILES string of the molecule is CC(CN1CCc2ccccc2C1)Nc1cncc(C(=O)N2CCOCC2)n1. The molecule has 1 aromatic heterocycles. The lowest BCUT2D eigenvalue weighted by molar-refractivity contribution is 0.0299. The molecule has 1 atom stereocenters. The molecule has 0 bridgehead atoms. The summed E-state index contributed by atoms with van der Waals surface area (Å²) < 4.78 is 5.31. The smallest absolute Gasteiger partial charge is 0.274 e. The van der Waals surface area contributed by atoms with Gasteiger partial charge in [0.25, 0.3) is 5.91 Å². The zero-order chi connectivity index (χ0) is 19.3. The lowest BCUT2D eigenvalue weighted by atomic mass is 10.00. The van der Waals surface area contributed by atoms with E-state index < -0.39 is 0 Å². The van der Waals surface area contributed by atoms with Gasteiger partial charge in [0.2, 0.25) is 0 Å². The van der Waals surface area contributed by atoms with E-state index in [2.05, 4.69) is 51.4 Å². The van der Waals surface area contributed by atoms with E-state index in [9.17, 15) is 4.79 Å². The molecule has 1 N–H and O–H groups in total. The van der Waals surface area contributed by atoms with Crippen LogP contribution >= 0.6 is 0 Å². The van der Waals surface area contributed by atoms with Crippen LogP contribution < -0.4 is 5.32 Å². The maximum Gasteiger partial charge on any atom is 0.274 e. The summed E-state index contributed by atoms with van der Waals surface area (Å²) in [6.45, 7) is 7.44. The average Bonchev–Trinajstić information content (AvgIpc) is 2.74. The molecule has 0 aliphatic carbocycles. The van der Waals surface area contributed by atoms with Crippen LogP contribution in [0.3, 0.4) is 0 Å². The molecule has 3 heterocycles. The topological polar surface area (TPSA) is 70.6 Å². The lowest BCUT2D eigenvalue weighted by Gasteiger charge is -2.31. The molecule has 0 saturated carbocycles. The van der Waals surface area contributed by atoms with Gasteiger partial charge in [-0.2, -0.15) is 0 Å². The van der Waals surface area contributed by atoms with E-state index in [1.807, 2.05) is 0 Å². The Morgan fingerprint density at radius 3 is 2.79 bits per heavy atom. The normalized spacial score (nSPS) is 18.4. The van der Waals surface area contributed by atoms with Crippen molar-refractivity contribution in [3.63, 3.8) is 0 Å². The Morgan fingerprint density at radius 1 is 1.18 bits per heavy atom. The number of benzene rings is 1. The van der Waals surface area contributed by atoms with Crippen LogP contribution in [0.4, 0.5) is 5.82 Å². The minimum atomic E-state index is -0.0836. The first-order valence-corrected chi connectivity index (χ1v) is 9.94. The number of ether oxygens (including phenoxy) is 1. The Labute approximate surface area is 165 Å². The Balaban J connectivity index is 1.34. The summed E-state index contributed by atoms with van der Waals surface area (Å²) in [6, 6.07) is 8.86. The van der Waals surface area contributed by atoms with Crippen LogP contribution in [0.1, 0.15) is 28.5 Å². The molecule has 0 radical (unpaired) electrons. The Hall–Kier alpha value is -2.51. The van der Waals surface area contributed by atoms with Gasteiger partial charge in [-0.15, -0.1) is 0 Å². The van der Waals surface area contributed by atoms with Crippen molar-refractivity contribution in [3.8, 4) is 0 Å². The Kier molecular flexibility index (Phi) is 5.83. The molecule has 1 aromatic carbocycles. The third kappa shape index (κ3) is 4.48. The number of fused-ring (bicyclic) bond motifs is 1. The van der Waals surface area contributed by atoms with Crippen LogP contribution in [-0.4, -0.2) is 71.1 Å². The standard InChI is InChI=1S/C21H27N5O2/c1-16(14-25-7-6-17-4-2-3-5-18(17)15-25)23-20-13-22-12-19(24-20)21(27)26-8-10-28-11-9-26/h2-5,12-13,16H,6-11,14-15H2,1H3,(H,23,24). The van der Waals surface area contributed by atoms with E-state index in [-0.39, 0.29) is 11.9 Å². The van der Waals surface area contributed by atoms with Crippen molar-refractivity contribution in [1.29, 1.82) is 0 Å². The van der Waals surface area contributed by atoms with Gasteiger partial charge < -0.3 is 15.0 Å². The van der Waals surface area contributed by atoms with E-state index in [1.54, 1.807) is 11.1 Å². The fourth-order valence-electron chi connectivity index (χ4n) is 3.86. The van der Waals surface area contributed by atoms with Crippen molar-refractivity contribution < 1.29 is 9.53 Å². The average molecular weight is 381 g/mol. The summed E-state index contributed by atoms with van der Waals surface area (Å²) in [4.78, 5) is 25.5. The molecule has 7 heteroatoms. The summed E-state index contributed by atoms with van der Waals surface area (Å²) in [5.74, 6) is 0.559. The number of anilines is 1. The minimum Gasteiger partial charge on any atom is -0.378 e. The monoisotopic (exact) mass is 381 g/mol. The second-order valence-electron chi connectivity index (χ2n) is 7.49. The third-order valence-corrected chi connectivity index (χ3v) is 5.29. The van der Waals surface area contributed by atoms with Gasteiger partial charge in [-0.05, 0) is 24.5 Å². The number of nitrogens with one attached hydrogen (secondary N) is 1. The number of amides is 1. The van der Waals surface area contributed by atoms with Crippen LogP contribution in [0.15, 0.2) is 36.7 Å². The second-order valence-corrected chi connectivity index (χ2v) is 7.49. The van der Waals surface area contributed by atoms with Crippen LogP contribution in [0.5, 0.6) is 0 Å². The molecule has 4 rings (SSSR count). The molecule has 1 amide bonds. The summed E-state index contributed by atoms with van der Waals surface area (Å²) in [7, 11) is 0. The van der Waals surface area contributed by atoms with Crippen molar-refractivity contribution in [2.45, 2.75) is 25.9 Å². The largest absolute Gasteiger partial charge is 0.378 e. The number of carbonyl (C=O) groups excluding carboxylic acids is 1. The summed E-state index contributed by atoms with van der Waals surface area (Å²) >= 11 is 0. The van der Waals surface area contributed by atoms with Crippen molar-refractivity contribution in [3.05, 3.63) is 53.5 Å². The number of morpholine rings is 1. The van der Waals surface area contributed by atoms with Gasteiger partial charge in [0.05, 0.1) is 25.6 Å². The highest BCUT2D eigenvalue weighted by Gasteiger charge is 2.21. The number of carbonyl (C=O) groups is 1. The maximum atomic E-state index is 12.6. The second kappa shape index (κ2) is 8.67. The molecule has 1 saturated heterocycles. The first-order chi connectivity index (χ1) is 13.7. The van der Waals surface area contributed by atoms with Gasteiger partial charge in [0, 0.05) is 38.8 Å². The molecular formula is C21H27N5O2. The van der Waals surface area contributed by atoms with Gasteiger partial charge in [-0.3, -0.25) is 14.7 Å². The van der Waals surface area contributed by atoms with Gasteiger partial charge in [-0.25, -0.2) is 4.98 Å². The highest BCUT2D eigenvalue weighted by molar-refractivity contribution is 5.92. The van der Waals surface area contributed by atoms with E-state index in [0.29, 0.717) is 37.8 Å². The van der Waals surface area contributed by atoms with Gasteiger partial charge in [0.1, 0.15) is 11.5 Å². The predicted octanol–water partition coefficient (Wildman–Crippen LogP) is 1.81. The first-order valence-electron chi connectivity index (χ1n) is 9.94. The summed E-state index contributed by atoms with van der Waals surface area (Å²) in [5.41, 5.74) is 3.25. The highest BCUT2D eigenvalue weighted by atomic mass is 16.5. The van der Waals surface area contributed by atoms with E-state index >= 15 is 0 Å². The third-order valence-electron chi connectivity index (χ3n) is 5.29. The number of hydrogen-bond acceptors (Lipinski definition) is 6. The number of hydrogen-bond donors (Lipinski definition) is 1. The van der Waals surface area contributed by atoms with E-state index in [1.165, 1.54) is 17.3 Å². The first kappa shape index (κ1) is 18.8. The lowest BCUT2D eigenvalue weighted by Crippen LogP contribution is -2.41. The highest BCUT2D eigenvalue weighted by Crippen LogP contribution is 2.19. The zero-order valence-corrected chi connectivity index (χ0v) is 16.3. The van der Waals surface area contributed by atoms with Gasteiger partial charge in [-0.1, -0.05) is 24.3 Å². The number of nitrogens with zero attached hydrogens (tertiary/aromatic N) is 4. The predicted molar refractivity (Wildman–Crippen MR) is 107 cm³/mol. The molecule has 0 spiro atoms. The number of aromatic nitrogens is 2.